The highest BCUT2D eigenvalue weighted by Crippen LogP contribution is 2.20. The third kappa shape index (κ3) is 3.04. The highest BCUT2D eigenvalue weighted by Gasteiger charge is 2.18. The molecule has 6 nitrogen and oxygen atoms in total. The van der Waals surface area contributed by atoms with Gasteiger partial charge in [0, 0.05) is 27.7 Å². The summed E-state index contributed by atoms with van der Waals surface area (Å²) in [5, 5.41) is 13.8. The number of nitrogens with zero attached hydrogens (tertiary/aromatic N) is 3. The Hall–Kier alpha value is -1.40. The molecule has 1 aromatic heterocycles. The number of hydrogen-bond donors (Lipinski definition) is 1. The zero-order chi connectivity index (χ0) is 13.0. The van der Waals surface area contributed by atoms with Crippen molar-refractivity contribution in [3.63, 3.8) is 0 Å². The average Bonchev–Trinajstić information content (AvgIpc) is 2.52. The van der Waals surface area contributed by atoms with Gasteiger partial charge in [-0.1, -0.05) is 0 Å². The van der Waals surface area contributed by atoms with E-state index in [0.717, 1.165) is 6.29 Å². The molecule has 0 radical (unpaired) electrons. The molecule has 0 amide bonds. The molecule has 0 aliphatic heterocycles. The third-order valence-corrected chi connectivity index (χ3v) is 2.56. The highest BCUT2D eigenvalue weighted by molar-refractivity contribution is 5.84. The lowest BCUT2D eigenvalue weighted by atomic mass is 10.2. The summed E-state index contributed by atoms with van der Waals surface area (Å²) >= 11 is 0. The Morgan fingerprint density at radius 1 is 1.65 bits per heavy atom. The number of rotatable bonds is 6. The Labute approximate surface area is 101 Å². The van der Waals surface area contributed by atoms with Crippen molar-refractivity contribution in [3.05, 3.63) is 11.3 Å². The van der Waals surface area contributed by atoms with Crippen LogP contribution < -0.4 is 4.90 Å². The van der Waals surface area contributed by atoms with E-state index in [0.29, 0.717) is 23.6 Å². The quantitative estimate of drug-likeness (QED) is 0.709. The van der Waals surface area contributed by atoms with Gasteiger partial charge in [-0.05, 0) is 6.92 Å². The van der Waals surface area contributed by atoms with Crippen LogP contribution in [0.25, 0.3) is 0 Å². The number of hydrogen-bond acceptors (Lipinski definition) is 5. The SMILES string of the molecule is COCC(O)CN(C)c1c(C=O)c(C)nn1C. The molecular weight excluding hydrogens is 222 g/mol. The van der Waals surface area contributed by atoms with Crippen molar-refractivity contribution in [1.82, 2.24) is 9.78 Å². The Morgan fingerprint density at radius 2 is 2.29 bits per heavy atom. The fraction of sp³-hybridized carbons (Fsp3) is 0.636. The van der Waals surface area contributed by atoms with E-state index in [9.17, 15) is 9.90 Å². The fourth-order valence-corrected chi connectivity index (χ4v) is 1.90. The monoisotopic (exact) mass is 241 g/mol. The van der Waals surface area contributed by atoms with Gasteiger partial charge in [-0.3, -0.25) is 9.48 Å². The number of carbonyl (C=O) groups is 1. The van der Waals surface area contributed by atoms with Gasteiger partial charge in [0.05, 0.1) is 24.0 Å². The zero-order valence-corrected chi connectivity index (χ0v) is 10.7. The van der Waals surface area contributed by atoms with E-state index in [1.807, 2.05) is 7.05 Å². The first kappa shape index (κ1) is 13.7. The molecular formula is C11H19N3O3. The lowest BCUT2D eigenvalue weighted by Gasteiger charge is -2.22. The lowest BCUT2D eigenvalue weighted by molar-refractivity contribution is 0.0693. The molecule has 0 spiro atoms. The topological polar surface area (TPSA) is 67.6 Å². The van der Waals surface area contributed by atoms with Gasteiger partial charge in [-0.25, -0.2) is 0 Å². The largest absolute Gasteiger partial charge is 0.389 e. The highest BCUT2D eigenvalue weighted by atomic mass is 16.5. The summed E-state index contributed by atoms with van der Waals surface area (Å²) in [5.41, 5.74) is 1.24. The molecule has 17 heavy (non-hydrogen) atoms. The Balaban J connectivity index is 2.88. The number of aliphatic hydroxyl groups is 1. The normalized spacial score (nSPS) is 12.5. The minimum absolute atomic E-state index is 0.262. The van der Waals surface area contributed by atoms with E-state index >= 15 is 0 Å². The van der Waals surface area contributed by atoms with E-state index in [1.165, 1.54) is 7.11 Å². The number of aliphatic hydroxyl groups excluding tert-OH is 1. The summed E-state index contributed by atoms with van der Waals surface area (Å²) in [4.78, 5) is 12.8. The molecule has 96 valence electrons. The van der Waals surface area contributed by atoms with Crippen molar-refractivity contribution >= 4 is 12.1 Å². The predicted octanol–water partition coefficient (Wildman–Crippen LogP) is -0.0155. The van der Waals surface area contributed by atoms with Crippen LogP contribution in [0, 0.1) is 6.92 Å². The van der Waals surface area contributed by atoms with Crippen molar-refractivity contribution in [2.24, 2.45) is 7.05 Å². The van der Waals surface area contributed by atoms with Crippen molar-refractivity contribution in [2.45, 2.75) is 13.0 Å². The first-order valence-electron chi connectivity index (χ1n) is 5.38. The van der Waals surface area contributed by atoms with Crippen LogP contribution in [0.3, 0.4) is 0 Å². The minimum Gasteiger partial charge on any atom is -0.389 e. The van der Waals surface area contributed by atoms with Crippen LogP contribution in [-0.2, 0) is 11.8 Å². The van der Waals surface area contributed by atoms with Gasteiger partial charge in [-0.2, -0.15) is 5.10 Å². The summed E-state index contributed by atoms with van der Waals surface area (Å²) in [6.07, 6.45) is 0.191. The molecule has 1 atom stereocenters. The van der Waals surface area contributed by atoms with Gasteiger partial charge >= 0.3 is 0 Å². The van der Waals surface area contributed by atoms with Crippen LogP contribution in [0.5, 0.6) is 0 Å². The summed E-state index contributed by atoms with van der Waals surface area (Å²) < 4.78 is 6.50. The van der Waals surface area contributed by atoms with Gasteiger partial charge in [0.15, 0.2) is 6.29 Å². The summed E-state index contributed by atoms with van der Waals surface area (Å²) in [6, 6.07) is 0. The molecule has 1 unspecified atom stereocenters. The molecule has 0 saturated carbocycles. The second kappa shape index (κ2) is 5.79. The third-order valence-electron chi connectivity index (χ3n) is 2.56. The minimum atomic E-state index is -0.597. The van der Waals surface area contributed by atoms with E-state index in [2.05, 4.69) is 5.10 Å². The van der Waals surface area contributed by atoms with Crippen LogP contribution in [0.2, 0.25) is 0 Å². The number of aryl methyl sites for hydroxylation is 2. The first-order chi connectivity index (χ1) is 8.01. The van der Waals surface area contributed by atoms with E-state index in [-0.39, 0.29) is 6.61 Å². The summed E-state index contributed by atoms with van der Waals surface area (Å²) in [6.45, 7) is 2.43. The molecule has 0 aromatic carbocycles. The molecule has 1 N–H and O–H groups in total. The summed E-state index contributed by atoms with van der Waals surface area (Å²) in [5.74, 6) is 0.702. The molecule has 0 bridgehead atoms. The Bertz CT molecular complexity index is 390. The molecule has 1 rings (SSSR count). The lowest BCUT2D eigenvalue weighted by Crippen LogP contribution is -2.33. The van der Waals surface area contributed by atoms with Gasteiger partial charge in [0.2, 0.25) is 0 Å². The van der Waals surface area contributed by atoms with E-state index < -0.39 is 6.10 Å². The molecule has 0 aliphatic rings. The predicted molar refractivity (Wildman–Crippen MR) is 64.5 cm³/mol. The Morgan fingerprint density at radius 3 is 2.82 bits per heavy atom. The molecule has 6 heteroatoms. The molecule has 0 aliphatic carbocycles. The molecule has 1 heterocycles. The number of ether oxygens (including phenoxy) is 1. The van der Waals surface area contributed by atoms with Gasteiger partial charge in [-0.15, -0.1) is 0 Å². The number of aromatic nitrogens is 2. The smallest absolute Gasteiger partial charge is 0.155 e. The van der Waals surface area contributed by atoms with E-state index in [1.54, 1.807) is 23.6 Å². The van der Waals surface area contributed by atoms with Crippen molar-refractivity contribution < 1.29 is 14.6 Å². The van der Waals surface area contributed by atoms with Crippen molar-refractivity contribution in [3.8, 4) is 0 Å². The zero-order valence-electron chi connectivity index (χ0n) is 10.7. The van der Waals surface area contributed by atoms with Gasteiger partial charge < -0.3 is 14.7 Å². The maximum absolute atomic E-state index is 11.0. The fourth-order valence-electron chi connectivity index (χ4n) is 1.90. The maximum atomic E-state index is 11.0. The average molecular weight is 241 g/mol. The number of anilines is 1. The first-order valence-corrected chi connectivity index (χ1v) is 5.38. The van der Waals surface area contributed by atoms with Crippen LogP contribution >= 0.6 is 0 Å². The molecule has 0 saturated heterocycles. The van der Waals surface area contributed by atoms with Crippen LogP contribution in [-0.4, -0.2) is 54.6 Å². The van der Waals surface area contributed by atoms with Crippen molar-refractivity contribution in [2.75, 3.05) is 32.2 Å². The number of carbonyl (C=O) groups excluding carboxylic acids is 1. The molecule has 1 aromatic rings. The van der Waals surface area contributed by atoms with Gasteiger partial charge in [0.1, 0.15) is 5.82 Å². The summed E-state index contributed by atoms with van der Waals surface area (Å²) in [7, 11) is 5.12. The standard InChI is InChI=1S/C11H19N3O3/c1-8-10(6-15)11(14(3)12-8)13(2)5-9(16)7-17-4/h6,9,16H,5,7H2,1-4H3. The van der Waals surface area contributed by atoms with Crippen molar-refractivity contribution in [1.29, 1.82) is 0 Å². The second-order valence-electron chi connectivity index (χ2n) is 4.05. The van der Waals surface area contributed by atoms with Crippen LogP contribution in [0.1, 0.15) is 16.1 Å². The number of methoxy groups -OCH3 is 1. The van der Waals surface area contributed by atoms with Crippen LogP contribution in [0.15, 0.2) is 0 Å². The maximum Gasteiger partial charge on any atom is 0.155 e. The number of likely N-dealkylation sites (N-methyl/N-ethyl adjacent to an activating group) is 1. The van der Waals surface area contributed by atoms with Gasteiger partial charge in [0.25, 0.3) is 0 Å². The van der Waals surface area contributed by atoms with E-state index in [4.69, 9.17) is 4.74 Å². The Kier molecular flexibility index (Phi) is 4.65. The van der Waals surface area contributed by atoms with Crippen LogP contribution in [0.4, 0.5) is 5.82 Å². The number of aldehydes is 1. The molecule has 0 fully saturated rings. The second-order valence-corrected chi connectivity index (χ2v) is 4.05.